The minimum Gasteiger partial charge on any atom is -0.475 e. The molecule has 5 nitrogen and oxygen atoms in total. The van der Waals surface area contributed by atoms with Crippen LogP contribution >= 0.6 is 0 Å². The van der Waals surface area contributed by atoms with Gasteiger partial charge < -0.3 is 10.8 Å². The molecule has 0 aromatic carbocycles. The molecular formula is C6H9NO4. The number of amides is 1. The Morgan fingerprint density at radius 2 is 1.91 bits per heavy atom. The summed E-state index contributed by atoms with van der Waals surface area (Å²) >= 11 is 0. The van der Waals surface area contributed by atoms with E-state index in [0.29, 0.717) is 0 Å². The number of carboxylic acid groups (broad SMARTS) is 1. The van der Waals surface area contributed by atoms with Gasteiger partial charge in [0.2, 0.25) is 11.7 Å². The predicted molar refractivity (Wildman–Crippen MR) is 35.6 cm³/mol. The van der Waals surface area contributed by atoms with Gasteiger partial charge in [-0.05, 0) is 0 Å². The first-order chi connectivity index (χ1) is 4.95. The molecule has 0 aliphatic heterocycles. The number of primary amides is 1. The Kier molecular flexibility index (Phi) is 3.23. The monoisotopic (exact) mass is 159 g/mol. The fraction of sp³-hybridized carbons (Fsp3) is 0.500. The van der Waals surface area contributed by atoms with Gasteiger partial charge >= 0.3 is 5.97 Å². The van der Waals surface area contributed by atoms with Gasteiger partial charge in [-0.15, -0.1) is 0 Å². The van der Waals surface area contributed by atoms with E-state index in [2.05, 4.69) is 0 Å². The number of Topliss-reactive ketones (excluding diaryl/α,β-unsaturated/α-hetero) is 1. The van der Waals surface area contributed by atoms with Crippen LogP contribution < -0.4 is 5.73 Å². The maximum absolute atomic E-state index is 10.6. The third-order valence-corrected chi connectivity index (χ3v) is 1.17. The molecule has 0 saturated heterocycles. The Hall–Kier alpha value is -1.39. The van der Waals surface area contributed by atoms with Gasteiger partial charge in [0, 0.05) is 12.3 Å². The van der Waals surface area contributed by atoms with Crippen molar-refractivity contribution in [2.75, 3.05) is 0 Å². The van der Waals surface area contributed by atoms with E-state index in [1.54, 1.807) is 0 Å². The molecule has 0 radical (unpaired) electrons. The molecule has 11 heavy (non-hydrogen) atoms. The van der Waals surface area contributed by atoms with E-state index < -0.39 is 23.6 Å². The van der Waals surface area contributed by atoms with Crippen LogP contribution in [0.1, 0.15) is 13.3 Å². The molecule has 0 aliphatic carbocycles. The van der Waals surface area contributed by atoms with Crippen LogP contribution in [0.15, 0.2) is 0 Å². The van der Waals surface area contributed by atoms with Gasteiger partial charge in [-0.3, -0.25) is 9.59 Å². The molecule has 3 N–H and O–H groups in total. The lowest BCUT2D eigenvalue weighted by molar-refractivity contribution is -0.151. The quantitative estimate of drug-likeness (QED) is 0.522. The highest BCUT2D eigenvalue weighted by Gasteiger charge is 2.21. The number of hydrogen-bond acceptors (Lipinski definition) is 3. The van der Waals surface area contributed by atoms with Crippen LogP contribution in [0.2, 0.25) is 0 Å². The normalized spacial score (nSPS) is 12.1. The molecule has 0 aromatic rings. The number of ketones is 1. The number of carbonyl (C=O) groups excluding carboxylic acids is 2. The zero-order chi connectivity index (χ0) is 9.02. The number of carbonyl (C=O) groups is 3. The van der Waals surface area contributed by atoms with E-state index >= 15 is 0 Å². The molecule has 0 heterocycles. The number of hydrogen-bond donors (Lipinski definition) is 2. The second kappa shape index (κ2) is 3.70. The minimum absolute atomic E-state index is 0.217. The minimum atomic E-state index is -1.53. The molecule has 0 aromatic heterocycles. The van der Waals surface area contributed by atoms with Gasteiger partial charge in [0.15, 0.2) is 0 Å². The Bertz CT molecular complexity index is 199. The van der Waals surface area contributed by atoms with E-state index in [-0.39, 0.29) is 6.42 Å². The van der Waals surface area contributed by atoms with Crippen molar-refractivity contribution in [3.63, 3.8) is 0 Å². The van der Waals surface area contributed by atoms with Crippen LogP contribution in [0.4, 0.5) is 0 Å². The summed E-state index contributed by atoms with van der Waals surface area (Å²) in [7, 11) is 0. The summed E-state index contributed by atoms with van der Waals surface area (Å²) in [5.41, 5.74) is 4.75. The first kappa shape index (κ1) is 9.61. The lowest BCUT2D eigenvalue weighted by Gasteiger charge is -2.02. The number of nitrogens with two attached hydrogens (primary N) is 1. The van der Waals surface area contributed by atoms with E-state index in [0.717, 1.165) is 0 Å². The largest absolute Gasteiger partial charge is 0.475 e. The van der Waals surface area contributed by atoms with Crippen LogP contribution in [0.3, 0.4) is 0 Å². The molecule has 0 bridgehead atoms. The fourth-order valence-electron chi connectivity index (χ4n) is 0.605. The van der Waals surface area contributed by atoms with Gasteiger partial charge in [-0.25, -0.2) is 4.79 Å². The van der Waals surface area contributed by atoms with E-state index in [9.17, 15) is 14.4 Å². The van der Waals surface area contributed by atoms with E-state index in [1.807, 2.05) is 0 Å². The van der Waals surface area contributed by atoms with Crippen LogP contribution in [-0.2, 0) is 14.4 Å². The van der Waals surface area contributed by atoms with Crippen LogP contribution in [0.5, 0.6) is 0 Å². The lowest BCUT2D eigenvalue weighted by Crippen LogP contribution is -2.25. The SMILES string of the molecule is CC(CC(N)=O)C(=O)C(=O)O. The maximum atomic E-state index is 10.6. The van der Waals surface area contributed by atoms with Gasteiger partial charge in [0.1, 0.15) is 0 Å². The lowest BCUT2D eigenvalue weighted by atomic mass is 10.0. The number of carboxylic acids is 1. The fourth-order valence-corrected chi connectivity index (χ4v) is 0.605. The van der Waals surface area contributed by atoms with Gasteiger partial charge in [-0.1, -0.05) is 6.92 Å². The number of aliphatic carboxylic acids is 1. The summed E-state index contributed by atoms with van der Waals surface area (Å²) in [4.78, 5) is 30.8. The number of rotatable bonds is 4. The molecule has 5 heteroatoms. The van der Waals surface area contributed by atoms with E-state index in [1.165, 1.54) is 6.92 Å². The Balaban J connectivity index is 4.03. The zero-order valence-electron chi connectivity index (χ0n) is 6.03. The summed E-state index contributed by atoms with van der Waals surface area (Å²) in [6.07, 6.45) is -0.217. The van der Waals surface area contributed by atoms with Crippen molar-refractivity contribution < 1.29 is 19.5 Å². The molecule has 1 amide bonds. The van der Waals surface area contributed by atoms with Crippen molar-refractivity contribution in [1.29, 1.82) is 0 Å². The smallest absolute Gasteiger partial charge is 0.372 e. The highest BCUT2D eigenvalue weighted by atomic mass is 16.4. The van der Waals surface area contributed by atoms with Crippen LogP contribution in [-0.4, -0.2) is 22.8 Å². The summed E-state index contributed by atoms with van der Waals surface area (Å²) < 4.78 is 0. The molecule has 0 spiro atoms. The molecule has 0 fully saturated rings. The topological polar surface area (TPSA) is 97.5 Å². The zero-order valence-corrected chi connectivity index (χ0v) is 6.03. The third-order valence-electron chi connectivity index (χ3n) is 1.17. The Morgan fingerprint density at radius 3 is 2.18 bits per heavy atom. The second-order valence-electron chi connectivity index (χ2n) is 2.24. The molecule has 62 valence electrons. The van der Waals surface area contributed by atoms with Gasteiger partial charge in [-0.2, -0.15) is 0 Å². The average molecular weight is 159 g/mol. The molecule has 1 atom stereocenters. The van der Waals surface area contributed by atoms with Gasteiger partial charge in [0.05, 0.1) is 0 Å². The summed E-state index contributed by atoms with van der Waals surface area (Å²) in [6, 6.07) is 0. The second-order valence-corrected chi connectivity index (χ2v) is 2.24. The molecule has 0 rings (SSSR count). The third kappa shape index (κ3) is 3.34. The summed E-state index contributed by atoms with van der Waals surface area (Å²) in [5.74, 6) is -4.01. The summed E-state index contributed by atoms with van der Waals surface area (Å²) in [5, 5.41) is 8.16. The standard InChI is InChI=1S/C6H9NO4/c1-3(2-4(7)8)5(9)6(10)11/h3H,2H2,1H3,(H2,7,8)(H,10,11). The Labute approximate surface area is 63.2 Å². The van der Waals surface area contributed by atoms with Crippen LogP contribution in [0.25, 0.3) is 0 Å². The van der Waals surface area contributed by atoms with Gasteiger partial charge in [0.25, 0.3) is 0 Å². The first-order valence-electron chi connectivity index (χ1n) is 3.00. The molecule has 1 unspecified atom stereocenters. The molecule has 0 aliphatic rings. The van der Waals surface area contributed by atoms with E-state index in [4.69, 9.17) is 10.8 Å². The average Bonchev–Trinajstić information content (AvgIpc) is 1.84. The van der Waals surface area contributed by atoms with Crippen molar-refractivity contribution in [3.8, 4) is 0 Å². The van der Waals surface area contributed by atoms with Crippen molar-refractivity contribution in [3.05, 3.63) is 0 Å². The molecular weight excluding hydrogens is 150 g/mol. The van der Waals surface area contributed by atoms with Crippen LogP contribution in [0, 0.1) is 5.92 Å². The van der Waals surface area contributed by atoms with Crippen molar-refractivity contribution in [2.45, 2.75) is 13.3 Å². The van der Waals surface area contributed by atoms with Crippen molar-refractivity contribution in [1.82, 2.24) is 0 Å². The highest BCUT2D eigenvalue weighted by Crippen LogP contribution is 2.01. The maximum Gasteiger partial charge on any atom is 0.372 e. The Morgan fingerprint density at radius 1 is 1.45 bits per heavy atom. The van der Waals surface area contributed by atoms with Crippen molar-refractivity contribution >= 4 is 17.7 Å². The highest BCUT2D eigenvalue weighted by molar-refractivity contribution is 6.33. The summed E-state index contributed by atoms with van der Waals surface area (Å²) in [6.45, 7) is 1.35. The predicted octanol–water partition coefficient (Wildman–Crippen LogP) is -0.848. The van der Waals surface area contributed by atoms with Crippen molar-refractivity contribution in [2.24, 2.45) is 11.7 Å². The first-order valence-corrected chi connectivity index (χ1v) is 3.00. The molecule has 0 saturated carbocycles.